The second-order valence-corrected chi connectivity index (χ2v) is 12.1. The quantitative estimate of drug-likeness (QED) is 0.133. The molecule has 0 saturated heterocycles. The van der Waals surface area contributed by atoms with E-state index in [2.05, 4.69) is 0 Å². The first-order valence-corrected chi connectivity index (χ1v) is 14.8. The Labute approximate surface area is 252 Å². The molecular weight excluding hydrogens is 606 g/mol. The van der Waals surface area contributed by atoms with E-state index in [1.54, 1.807) is 22.2 Å². The van der Waals surface area contributed by atoms with Gasteiger partial charge >= 0.3 is 5.97 Å². The van der Waals surface area contributed by atoms with Crippen LogP contribution in [0.25, 0.3) is 33.3 Å². The SMILES string of the molecule is COC(=O)C1CC1c1cccc(-c2c(-c3c(Cl)cccc3Cl)c3cc(F)ccc3n2[S+]([O-])c2ccc(C(F)F)cc2)c1. The number of nitrogens with zero attached hydrogens (tertiary/aromatic N) is 1. The molecule has 0 bridgehead atoms. The van der Waals surface area contributed by atoms with Gasteiger partial charge in [0.05, 0.1) is 18.5 Å². The molecule has 214 valence electrons. The maximum atomic E-state index is 14.8. The van der Waals surface area contributed by atoms with Crippen LogP contribution in [0.4, 0.5) is 13.2 Å². The van der Waals surface area contributed by atoms with Crippen molar-refractivity contribution in [1.29, 1.82) is 0 Å². The number of rotatable bonds is 7. The maximum Gasteiger partial charge on any atom is 0.309 e. The summed E-state index contributed by atoms with van der Waals surface area (Å²) >= 11 is 11.4. The zero-order chi connectivity index (χ0) is 29.7. The zero-order valence-electron chi connectivity index (χ0n) is 22.0. The molecule has 1 heterocycles. The number of ether oxygens (including phenoxy) is 1. The molecule has 10 heteroatoms. The second-order valence-electron chi connectivity index (χ2n) is 9.99. The minimum Gasteiger partial charge on any atom is -0.587 e. The van der Waals surface area contributed by atoms with E-state index in [1.807, 2.05) is 24.3 Å². The van der Waals surface area contributed by atoms with Crippen molar-refractivity contribution >= 4 is 51.4 Å². The lowest BCUT2D eigenvalue weighted by molar-refractivity contribution is -0.142. The molecule has 0 radical (unpaired) electrons. The van der Waals surface area contributed by atoms with E-state index < -0.39 is 23.6 Å². The van der Waals surface area contributed by atoms with Crippen LogP contribution < -0.4 is 0 Å². The Hall–Kier alpha value is -3.43. The number of hydrogen-bond acceptors (Lipinski definition) is 3. The summed E-state index contributed by atoms with van der Waals surface area (Å²) in [6, 6.07) is 21.8. The number of alkyl halides is 2. The van der Waals surface area contributed by atoms with Gasteiger partial charge in [-0.05, 0) is 78.6 Å². The summed E-state index contributed by atoms with van der Waals surface area (Å²) in [5, 5.41) is 1.04. The van der Waals surface area contributed by atoms with E-state index in [4.69, 9.17) is 27.9 Å². The minimum atomic E-state index is -2.67. The third-order valence-corrected chi connectivity index (χ3v) is 9.50. The molecule has 6 rings (SSSR count). The molecule has 1 aliphatic carbocycles. The fourth-order valence-electron chi connectivity index (χ4n) is 5.39. The Morgan fingerprint density at radius 3 is 2.33 bits per heavy atom. The molecule has 3 atom stereocenters. The largest absolute Gasteiger partial charge is 0.587 e. The highest BCUT2D eigenvalue weighted by molar-refractivity contribution is 7.90. The second kappa shape index (κ2) is 11.3. The van der Waals surface area contributed by atoms with Gasteiger partial charge in [-0.3, -0.25) is 4.79 Å². The summed E-state index contributed by atoms with van der Waals surface area (Å²) in [6.07, 6.45) is -2.04. The first-order valence-electron chi connectivity index (χ1n) is 13.0. The number of benzene rings is 4. The van der Waals surface area contributed by atoms with E-state index in [0.717, 1.165) is 5.56 Å². The highest BCUT2D eigenvalue weighted by atomic mass is 35.5. The Balaban J connectivity index is 1.64. The Kier molecular flexibility index (Phi) is 7.74. The summed E-state index contributed by atoms with van der Waals surface area (Å²) < 4.78 is 62.1. The van der Waals surface area contributed by atoms with E-state index in [1.165, 1.54) is 49.6 Å². The van der Waals surface area contributed by atoms with E-state index >= 15 is 0 Å². The van der Waals surface area contributed by atoms with Crippen LogP contribution in [0, 0.1) is 11.7 Å². The Morgan fingerprint density at radius 2 is 1.67 bits per heavy atom. The van der Waals surface area contributed by atoms with Crippen LogP contribution >= 0.6 is 23.2 Å². The summed E-state index contributed by atoms with van der Waals surface area (Å²) in [5.41, 5.74) is 3.08. The highest BCUT2D eigenvalue weighted by Gasteiger charge is 2.45. The van der Waals surface area contributed by atoms with Gasteiger partial charge in [0.2, 0.25) is 0 Å². The molecule has 1 saturated carbocycles. The molecule has 0 N–H and O–H groups in total. The van der Waals surface area contributed by atoms with Crippen LogP contribution in [0.5, 0.6) is 0 Å². The lowest BCUT2D eigenvalue weighted by Crippen LogP contribution is -2.14. The van der Waals surface area contributed by atoms with Crippen molar-refractivity contribution in [3.05, 3.63) is 112 Å². The summed E-state index contributed by atoms with van der Waals surface area (Å²) in [7, 11) is 1.36. The number of carbonyl (C=O) groups is 1. The van der Waals surface area contributed by atoms with Gasteiger partial charge in [0.15, 0.2) is 4.90 Å². The average molecular weight is 628 g/mol. The normalized spacial score (nSPS) is 17.0. The zero-order valence-corrected chi connectivity index (χ0v) is 24.3. The Morgan fingerprint density at radius 1 is 0.976 bits per heavy atom. The summed E-state index contributed by atoms with van der Waals surface area (Å²) in [6.45, 7) is 0. The molecule has 0 amide bonds. The number of esters is 1. The topological polar surface area (TPSA) is 54.3 Å². The van der Waals surface area contributed by atoms with Gasteiger partial charge in [-0.25, -0.2) is 13.2 Å². The monoisotopic (exact) mass is 627 g/mol. The van der Waals surface area contributed by atoms with Crippen molar-refractivity contribution in [3.63, 3.8) is 0 Å². The third kappa shape index (κ3) is 5.07. The smallest absolute Gasteiger partial charge is 0.309 e. The molecule has 1 fully saturated rings. The van der Waals surface area contributed by atoms with Gasteiger partial charge in [-0.2, -0.15) is 3.97 Å². The minimum absolute atomic E-state index is 0.0487. The standard InChI is InChI=1S/C32H22Cl2F3NO3S/c1-41-32(39)23-16-22(23)18-4-2-5-19(14-18)30-28(29-25(33)6-3-7-26(29)34)24-15-20(35)10-13-27(24)38(30)42(40)21-11-8-17(9-12-21)31(36)37/h2-15,22-23,31H,16H2,1H3. The first-order chi connectivity index (χ1) is 20.2. The van der Waals surface area contributed by atoms with Crippen molar-refractivity contribution in [2.75, 3.05) is 7.11 Å². The third-order valence-electron chi connectivity index (χ3n) is 7.48. The van der Waals surface area contributed by atoms with Gasteiger partial charge < -0.3 is 9.29 Å². The number of halogens is 5. The van der Waals surface area contributed by atoms with Crippen molar-refractivity contribution in [2.24, 2.45) is 5.92 Å². The van der Waals surface area contributed by atoms with Crippen LogP contribution in [0.15, 0.2) is 89.8 Å². The van der Waals surface area contributed by atoms with Crippen molar-refractivity contribution in [2.45, 2.75) is 23.7 Å². The molecule has 5 aromatic rings. The number of methoxy groups -OCH3 is 1. The molecule has 0 spiro atoms. The molecular formula is C32H22Cl2F3NO3S. The maximum absolute atomic E-state index is 14.8. The summed E-state index contributed by atoms with van der Waals surface area (Å²) in [5.74, 6) is -1.11. The fraction of sp³-hybridized carbons (Fsp3) is 0.156. The van der Waals surface area contributed by atoms with E-state index in [0.29, 0.717) is 49.8 Å². The van der Waals surface area contributed by atoms with E-state index in [9.17, 15) is 22.5 Å². The van der Waals surface area contributed by atoms with Crippen LogP contribution in [0.2, 0.25) is 10.0 Å². The van der Waals surface area contributed by atoms with Crippen molar-refractivity contribution in [1.82, 2.24) is 3.97 Å². The first kappa shape index (κ1) is 28.7. The summed E-state index contributed by atoms with van der Waals surface area (Å²) in [4.78, 5) is 12.4. The van der Waals surface area contributed by atoms with Crippen LogP contribution in [-0.2, 0) is 20.9 Å². The number of fused-ring (bicyclic) bond motifs is 1. The van der Waals surface area contributed by atoms with Gasteiger partial charge in [0, 0.05) is 37.7 Å². The molecule has 4 aromatic carbocycles. The average Bonchev–Trinajstić information content (AvgIpc) is 3.73. The Bertz CT molecular complexity index is 1810. The van der Waals surface area contributed by atoms with Crippen molar-refractivity contribution < 1.29 is 27.3 Å². The predicted molar refractivity (Wildman–Crippen MR) is 159 cm³/mol. The van der Waals surface area contributed by atoms with Gasteiger partial charge in [-0.1, -0.05) is 47.5 Å². The molecule has 0 aliphatic heterocycles. The number of hydrogen-bond donors (Lipinski definition) is 0. The van der Waals surface area contributed by atoms with Gasteiger partial charge in [0.1, 0.15) is 22.9 Å². The van der Waals surface area contributed by atoms with Crippen LogP contribution in [0.3, 0.4) is 0 Å². The fourth-order valence-corrected chi connectivity index (χ4v) is 7.25. The van der Waals surface area contributed by atoms with E-state index in [-0.39, 0.29) is 28.3 Å². The van der Waals surface area contributed by atoms with Crippen molar-refractivity contribution in [3.8, 4) is 22.4 Å². The lowest BCUT2D eigenvalue weighted by Gasteiger charge is -2.17. The molecule has 1 aromatic heterocycles. The number of aromatic nitrogens is 1. The number of carbonyl (C=O) groups excluding carboxylic acids is 1. The van der Waals surface area contributed by atoms with Gasteiger partial charge in [-0.15, -0.1) is 0 Å². The van der Waals surface area contributed by atoms with Gasteiger partial charge in [0.25, 0.3) is 6.43 Å². The predicted octanol–water partition coefficient (Wildman–Crippen LogP) is 9.21. The van der Waals surface area contributed by atoms with Crippen LogP contribution in [0.1, 0.15) is 29.9 Å². The van der Waals surface area contributed by atoms with Crippen LogP contribution in [-0.4, -0.2) is 21.6 Å². The highest BCUT2D eigenvalue weighted by Crippen LogP contribution is 2.51. The lowest BCUT2D eigenvalue weighted by atomic mass is 9.96. The molecule has 42 heavy (non-hydrogen) atoms. The molecule has 1 aliphatic rings. The molecule has 4 nitrogen and oxygen atoms in total. The molecule has 3 unspecified atom stereocenters.